The highest BCUT2D eigenvalue weighted by Gasteiger charge is 2.10. The van der Waals surface area contributed by atoms with Crippen LogP contribution in [0, 0.1) is 0 Å². The Bertz CT molecular complexity index is 351. The van der Waals surface area contributed by atoms with Gasteiger partial charge in [-0.25, -0.2) is 0 Å². The fourth-order valence-electron chi connectivity index (χ4n) is 2.74. The molecule has 0 rings (SSSR count). The molecule has 6 heteroatoms. The Morgan fingerprint density at radius 1 is 0.680 bits per heavy atom. The molecule has 0 aliphatic carbocycles. The maximum atomic E-state index is 11.9. The van der Waals surface area contributed by atoms with Crippen LogP contribution in [-0.4, -0.2) is 27.5 Å². The van der Waals surface area contributed by atoms with Gasteiger partial charge in [-0.2, -0.15) is 8.42 Å². The first kappa shape index (κ1) is 27.0. The van der Waals surface area contributed by atoms with E-state index in [-0.39, 0.29) is 18.6 Å². The van der Waals surface area contributed by atoms with Crippen molar-refractivity contribution in [3.63, 3.8) is 0 Å². The SMILES string of the molecule is CCCCCCCCCCCCCOS(=O)(=O)CCCCCCF.N. The van der Waals surface area contributed by atoms with Crippen LogP contribution in [0.3, 0.4) is 0 Å². The van der Waals surface area contributed by atoms with E-state index in [9.17, 15) is 12.8 Å². The van der Waals surface area contributed by atoms with Crippen molar-refractivity contribution in [2.75, 3.05) is 19.0 Å². The van der Waals surface area contributed by atoms with Crippen molar-refractivity contribution >= 4 is 10.1 Å². The Labute approximate surface area is 156 Å². The highest BCUT2D eigenvalue weighted by atomic mass is 32.2. The van der Waals surface area contributed by atoms with Crippen molar-refractivity contribution in [3.8, 4) is 0 Å². The second kappa shape index (κ2) is 20.1. The van der Waals surface area contributed by atoms with Gasteiger partial charge in [0.05, 0.1) is 19.0 Å². The summed E-state index contributed by atoms with van der Waals surface area (Å²) in [5, 5.41) is 0. The fourth-order valence-corrected chi connectivity index (χ4v) is 3.79. The molecule has 0 aromatic heterocycles. The van der Waals surface area contributed by atoms with Crippen LogP contribution < -0.4 is 6.15 Å². The van der Waals surface area contributed by atoms with Crippen molar-refractivity contribution in [2.24, 2.45) is 0 Å². The Kier molecular flexibility index (Phi) is 21.7. The van der Waals surface area contributed by atoms with Gasteiger partial charge < -0.3 is 6.15 Å². The zero-order valence-corrected chi connectivity index (χ0v) is 17.3. The molecule has 0 aliphatic rings. The van der Waals surface area contributed by atoms with Crippen LogP contribution in [0.2, 0.25) is 0 Å². The topological polar surface area (TPSA) is 78.4 Å². The predicted molar refractivity (Wildman–Crippen MR) is 106 cm³/mol. The summed E-state index contributed by atoms with van der Waals surface area (Å²) in [6, 6.07) is 0. The first-order chi connectivity index (χ1) is 11.6. The molecule has 0 atom stereocenters. The van der Waals surface area contributed by atoms with Gasteiger partial charge in [-0.05, 0) is 19.3 Å². The quantitative estimate of drug-likeness (QED) is 0.209. The van der Waals surface area contributed by atoms with Gasteiger partial charge in [0.1, 0.15) is 0 Å². The molecule has 0 fully saturated rings. The molecule has 0 saturated carbocycles. The number of unbranched alkanes of at least 4 members (excludes halogenated alkanes) is 13. The minimum atomic E-state index is -3.38. The number of rotatable bonds is 19. The summed E-state index contributed by atoms with van der Waals surface area (Å²) in [6.45, 7) is 2.23. The largest absolute Gasteiger partial charge is 0.344 e. The summed E-state index contributed by atoms with van der Waals surface area (Å²) in [6.07, 6.45) is 16.3. The van der Waals surface area contributed by atoms with E-state index in [1.54, 1.807) is 0 Å². The number of alkyl halides is 1. The van der Waals surface area contributed by atoms with Gasteiger partial charge in [-0.15, -0.1) is 0 Å². The first-order valence-electron chi connectivity index (χ1n) is 10.1. The third kappa shape index (κ3) is 21.8. The third-order valence-corrected chi connectivity index (χ3v) is 5.60. The maximum Gasteiger partial charge on any atom is 0.267 e. The van der Waals surface area contributed by atoms with Gasteiger partial charge >= 0.3 is 0 Å². The normalized spacial score (nSPS) is 11.4. The molecule has 0 unspecified atom stereocenters. The van der Waals surface area contributed by atoms with Gasteiger partial charge in [0.25, 0.3) is 10.1 Å². The van der Waals surface area contributed by atoms with E-state index < -0.39 is 10.1 Å². The van der Waals surface area contributed by atoms with E-state index in [4.69, 9.17) is 4.18 Å². The highest BCUT2D eigenvalue weighted by Crippen LogP contribution is 2.12. The van der Waals surface area contributed by atoms with Crippen molar-refractivity contribution in [1.29, 1.82) is 0 Å². The first-order valence-corrected chi connectivity index (χ1v) is 11.6. The zero-order chi connectivity index (χ0) is 17.9. The Hall–Kier alpha value is -0.200. The van der Waals surface area contributed by atoms with Gasteiger partial charge in [0.2, 0.25) is 0 Å². The number of hydrogen-bond acceptors (Lipinski definition) is 4. The Morgan fingerprint density at radius 3 is 1.64 bits per heavy atom. The summed E-state index contributed by atoms with van der Waals surface area (Å²) in [4.78, 5) is 0. The molecule has 0 bridgehead atoms. The van der Waals surface area contributed by atoms with Gasteiger partial charge in [0, 0.05) is 0 Å². The molecule has 25 heavy (non-hydrogen) atoms. The Balaban J connectivity index is 0. The standard InChI is InChI=1S/C19H39FO3S.H3N/c1-2-3-4-5-6-7-8-9-10-12-15-18-23-24(21,22)19-16-13-11-14-17-20;/h2-19H2,1H3;1H3. The van der Waals surface area contributed by atoms with E-state index in [1.807, 2.05) is 0 Å². The van der Waals surface area contributed by atoms with Crippen LogP contribution in [0.4, 0.5) is 4.39 Å². The molecule has 0 aromatic carbocycles. The molecule has 0 saturated heterocycles. The van der Waals surface area contributed by atoms with E-state index in [0.29, 0.717) is 19.4 Å². The average Bonchev–Trinajstić information content (AvgIpc) is 2.55. The van der Waals surface area contributed by atoms with Crippen molar-refractivity contribution in [1.82, 2.24) is 6.15 Å². The lowest BCUT2D eigenvalue weighted by atomic mass is 10.1. The molecule has 0 aromatic rings. The molecule has 0 radical (unpaired) electrons. The molecule has 0 aliphatic heterocycles. The van der Waals surface area contributed by atoms with Crippen molar-refractivity contribution < 1.29 is 17.0 Å². The molecule has 0 spiro atoms. The minimum Gasteiger partial charge on any atom is -0.344 e. The summed E-state index contributed by atoms with van der Waals surface area (Å²) >= 11 is 0. The molecule has 3 N–H and O–H groups in total. The van der Waals surface area contributed by atoms with Crippen LogP contribution in [-0.2, 0) is 14.3 Å². The molecular formula is C19H42FNO3S. The van der Waals surface area contributed by atoms with Crippen LogP contribution >= 0.6 is 0 Å². The van der Waals surface area contributed by atoms with Crippen LogP contribution in [0.25, 0.3) is 0 Å². The smallest absolute Gasteiger partial charge is 0.267 e. The summed E-state index contributed by atoms with van der Waals surface area (Å²) in [5.41, 5.74) is 0. The van der Waals surface area contributed by atoms with Crippen molar-refractivity contribution in [3.05, 3.63) is 0 Å². The van der Waals surface area contributed by atoms with Gasteiger partial charge in [-0.3, -0.25) is 8.57 Å². The van der Waals surface area contributed by atoms with E-state index in [0.717, 1.165) is 25.7 Å². The Morgan fingerprint density at radius 2 is 1.12 bits per heavy atom. The van der Waals surface area contributed by atoms with Crippen LogP contribution in [0.15, 0.2) is 0 Å². The predicted octanol–water partition coefficient (Wildman–Crippen LogP) is 6.34. The van der Waals surface area contributed by atoms with Crippen LogP contribution in [0.5, 0.6) is 0 Å². The van der Waals surface area contributed by atoms with E-state index in [2.05, 4.69) is 6.92 Å². The minimum absolute atomic E-state index is 0. The molecular weight excluding hydrogens is 341 g/mol. The average molecular weight is 384 g/mol. The van der Waals surface area contributed by atoms with Crippen molar-refractivity contribution in [2.45, 2.75) is 103 Å². The zero-order valence-electron chi connectivity index (χ0n) is 16.4. The van der Waals surface area contributed by atoms with E-state index >= 15 is 0 Å². The monoisotopic (exact) mass is 383 g/mol. The maximum absolute atomic E-state index is 11.9. The second-order valence-corrected chi connectivity index (χ2v) is 8.48. The fraction of sp³-hybridized carbons (Fsp3) is 1.00. The molecule has 0 amide bonds. The molecule has 4 nitrogen and oxygen atoms in total. The van der Waals surface area contributed by atoms with Gasteiger partial charge in [-0.1, -0.05) is 84.0 Å². The number of halogens is 1. The second-order valence-electron chi connectivity index (χ2n) is 6.72. The summed E-state index contributed by atoms with van der Waals surface area (Å²) in [5.74, 6) is 0.0668. The van der Waals surface area contributed by atoms with Gasteiger partial charge in [0.15, 0.2) is 0 Å². The van der Waals surface area contributed by atoms with E-state index in [1.165, 1.54) is 57.8 Å². The lowest BCUT2D eigenvalue weighted by Gasteiger charge is -2.06. The molecule has 154 valence electrons. The van der Waals surface area contributed by atoms with Crippen LogP contribution in [0.1, 0.15) is 103 Å². The summed E-state index contributed by atoms with van der Waals surface area (Å²) < 4.78 is 40.2. The molecule has 0 heterocycles. The lowest BCUT2D eigenvalue weighted by molar-refractivity contribution is 0.305. The lowest BCUT2D eigenvalue weighted by Crippen LogP contribution is -2.11. The summed E-state index contributed by atoms with van der Waals surface area (Å²) in [7, 11) is -3.38. The number of hydrogen-bond donors (Lipinski definition) is 1. The third-order valence-electron chi connectivity index (χ3n) is 4.29. The highest BCUT2D eigenvalue weighted by molar-refractivity contribution is 7.86.